The summed E-state index contributed by atoms with van der Waals surface area (Å²) in [5, 5.41) is 13.8. The summed E-state index contributed by atoms with van der Waals surface area (Å²) in [6.45, 7) is 1.98. The van der Waals surface area contributed by atoms with Crippen molar-refractivity contribution in [2.24, 2.45) is 5.10 Å². The fourth-order valence-corrected chi connectivity index (χ4v) is 2.97. The molecule has 3 rings (SSSR count). The fraction of sp³-hybridized carbons (Fsp3) is 0.130. The van der Waals surface area contributed by atoms with Crippen LogP contribution >= 0.6 is 0 Å². The van der Waals surface area contributed by atoms with Crippen LogP contribution in [0.1, 0.15) is 36.0 Å². The van der Waals surface area contributed by atoms with Crippen LogP contribution in [0.2, 0.25) is 0 Å². The molecule has 3 aromatic carbocycles. The summed E-state index contributed by atoms with van der Waals surface area (Å²) in [6.07, 6.45) is 0.659. The number of phenolic OH excluding ortho intramolecular Hbond substituents is 1. The second kappa shape index (κ2) is 8.81. The second-order valence-electron chi connectivity index (χ2n) is 6.19. The van der Waals surface area contributed by atoms with Crippen LogP contribution < -0.4 is 5.43 Å². The fourth-order valence-electron chi connectivity index (χ4n) is 2.97. The maximum Gasteiger partial charge on any atom is 0.252 e. The zero-order valence-electron chi connectivity index (χ0n) is 15.2. The van der Waals surface area contributed by atoms with Gasteiger partial charge in [-0.05, 0) is 47.4 Å². The lowest BCUT2D eigenvalue weighted by atomic mass is 9.91. The monoisotopic (exact) mass is 358 g/mol. The Kier molecular flexibility index (Phi) is 6.00. The van der Waals surface area contributed by atoms with Gasteiger partial charge in [0.05, 0.1) is 11.6 Å². The number of carbonyl (C=O) groups excluding carboxylic acids is 1. The quantitative estimate of drug-likeness (QED) is 0.505. The first-order valence-corrected chi connectivity index (χ1v) is 8.94. The molecule has 0 bridgehead atoms. The molecule has 0 saturated heterocycles. The van der Waals surface area contributed by atoms with Crippen molar-refractivity contribution in [3.63, 3.8) is 0 Å². The van der Waals surface area contributed by atoms with Crippen molar-refractivity contribution in [1.29, 1.82) is 0 Å². The predicted octanol–water partition coefficient (Wildman–Crippen LogP) is 4.45. The standard InChI is InChI=1S/C23H22N2O2/c1-2-21(17-13-15-20(26)16-14-17)24-25-23(27)22(18-9-5-3-6-10-18)19-11-7-4-8-12-19/h3-16,22,26H,2H2,1H3,(H,25,27)/b24-21-. The van der Waals surface area contributed by atoms with Crippen molar-refractivity contribution in [2.75, 3.05) is 0 Å². The second-order valence-corrected chi connectivity index (χ2v) is 6.19. The molecule has 4 nitrogen and oxygen atoms in total. The summed E-state index contributed by atoms with van der Waals surface area (Å²) in [4.78, 5) is 13.0. The Morgan fingerprint density at radius 3 is 1.89 bits per heavy atom. The minimum atomic E-state index is -0.436. The molecule has 0 fully saturated rings. The molecule has 0 aromatic heterocycles. The Balaban J connectivity index is 1.87. The number of hydrogen-bond donors (Lipinski definition) is 2. The first kappa shape index (κ1) is 18.4. The zero-order chi connectivity index (χ0) is 19.1. The summed E-state index contributed by atoms with van der Waals surface area (Å²) in [7, 11) is 0. The average Bonchev–Trinajstić information content (AvgIpc) is 2.71. The molecule has 2 N–H and O–H groups in total. The number of benzene rings is 3. The van der Waals surface area contributed by atoms with Crippen LogP contribution in [0.3, 0.4) is 0 Å². The number of nitrogens with one attached hydrogen (secondary N) is 1. The van der Waals surface area contributed by atoms with Gasteiger partial charge in [-0.3, -0.25) is 4.79 Å². The van der Waals surface area contributed by atoms with Gasteiger partial charge in [0.2, 0.25) is 0 Å². The molecule has 0 spiro atoms. The van der Waals surface area contributed by atoms with Crippen molar-refractivity contribution in [2.45, 2.75) is 19.3 Å². The Labute approximate surface area is 159 Å². The van der Waals surface area contributed by atoms with Gasteiger partial charge in [-0.1, -0.05) is 67.6 Å². The van der Waals surface area contributed by atoms with E-state index >= 15 is 0 Å². The third-order valence-electron chi connectivity index (χ3n) is 4.36. The average molecular weight is 358 g/mol. The number of phenols is 1. The number of carbonyl (C=O) groups is 1. The highest BCUT2D eigenvalue weighted by Crippen LogP contribution is 2.24. The summed E-state index contributed by atoms with van der Waals surface area (Å²) in [6, 6.07) is 26.1. The van der Waals surface area contributed by atoms with Crippen LogP contribution in [0.25, 0.3) is 0 Å². The molecule has 0 unspecified atom stereocenters. The normalized spacial score (nSPS) is 11.4. The molecule has 27 heavy (non-hydrogen) atoms. The summed E-state index contributed by atoms with van der Waals surface area (Å²) in [5.41, 5.74) is 6.18. The van der Waals surface area contributed by atoms with E-state index in [-0.39, 0.29) is 11.7 Å². The summed E-state index contributed by atoms with van der Waals surface area (Å²) < 4.78 is 0. The molecular formula is C23H22N2O2. The highest BCUT2D eigenvalue weighted by atomic mass is 16.3. The van der Waals surface area contributed by atoms with Crippen molar-refractivity contribution in [1.82, 2.24) is 5.43 Å². The number of hydrazone groups is 1. The van der Waals surface area contributed by atoms with E-state index in [9.17, 15) is 9.90 Å². The van der Waals surface area contributed by atoms with Gasteiger partial charge in [0, 0.05) is 0 Å². The molecule has 136 valence electrons. The Bertz CT molecular complexity index is 865. The minimum Gasteiger partial charge on any atom is -0.508 e. The van der Waals surface area contributed by atoms with Gasteiger partial charge in [0.25, 0.3) is 5.91 Å². The minimum absolute atomic E-state index is 0.183. The molecule has 4 heteroatoms. The van der Waals surface area contributed by atoms with E-state index in [1.165, 1.54) is 0 Å². The maximum absolute atomic E-state index is 13.0. The van der Waals surface area contributed by atoms with Gasteiger partial charge in [-0.2, -0.15) is 5.10 Å². The lowest BCUT2D eigenvalue weighted by Crippen LogP contribution is -2.27. The van der Waals surface area contributed by atoms with E-state index in [2.05, 4.69) is 10.5 Å². The van der Waals surface area contributed by atoms with Gasteiger partial charge >= 0.3 is 0 Å². The molecule has 0 aliphatic heterocycles. The molecule has 1 amide bonds. The molecule has 0 saturated carbocycles. The smallest absolute Gasteiger partial charge is 0.252 e. The molecule has 0 atom stereocenters. The zero-order valence-corrected chi connectivity index (χ0v) is 15.2. The lowest BCUT2D eigenvalue weighted by molar-refractivity contribution is -0.121. The van der Waals surface area contributed by atoms with E-state index in [1.807, 2.05) is 67.6 Å². The van der Waals surface area contributed by atoms with Crippen LogP contribution in [0.4, 0.5) is 0 Å². The van der Waals surface area contributed by atoms with E-state index in [1.54, 1.807) is 24.3 Å². The van der Waals surface area contributed by atoms with Crippen LogP contribution in [-0.4, -0.2) is 16.7 Å². The molecule has 3 aromatic rings. The first-order chi connectivity index (χ1) is 13.2. The van der Waals surface area contributed by atoms with Crippen LogP contribution in [-0.2, 0) is 4.79 Å². The number of amides is 1. The maximum atomic E-state index is 13.0. The van der Waals surface area contributed by atoms with Crippen molar-refractivity contribution >= 4 is 11.6 Å². The number of rotatable bonds is 6. The Morgan fingerprint density at radius 1 is 0.889 bits per heavy atom. The molecule has 0 aliphatic rings. The van der Waals surface area contributed by atoms with Gasteiger partial charge in [0.1, 0.15) is 5.75 Å². The third-order valence-corrected chi connectivity index (χ3v) is 4.36. The van der Waals surface area contributed by atoms with Crippen LogP contribution in [0.15, 0.2) is 90.0 Å². The SMILES string of the molecule is CC/C(=N/NC(=O)C(c1ccccc1)c1ccccc1)c1ccc(O)cc1. The molecular weight excluding hydrogens is 336 g/mol. The molecule has 0 heterocycles. The highest BCUT2D eigenvalue weighted by molar-refractivity contribution is 6.01. The van der Waals surface area contributed by atoms with E-state index < -0.39 is 5.92 Å². The van der Waals surface area contributed by atoms with Gasteiger partial charge in [0.15, 0.2) is 0 Å². The van der Waals surface area contributed by atoms with Crippen LogP contribution in [0.5, 0.6) is 5.75 Å². The van der Waals surface area contributed by atoms with Crippen LogP contribution in [0, 0.1) is 0 Å². The lowest BCUT2D eigenvalue weighted by Gasteiger charge is -2.16. The Morgan fingerprint density at radius 2 is 1.41 bits per heavy atom. The highest BCUT2D eigenvalue weighted by Gasteiger charge is 2.22. The van der Waals surface area contributed by atoms with Crippen molar-refractivity contribution < 1.29 is 9.90 Å². The largest absolute Gasteiger partial charge is 0.508 e. The van der Waals surface area contributed by atoms with Gasteiger partial charge in [-0.25, -0.2) is 5.43 Å². The predicted molar refractivity (Wildman–Crippen MR) is 108 cm³/mol. The van der Waals surface area contributed by atoms with E-state index in [0.29, 0.717) is 6.42 Å². The van der Waals surface area contributed by atoms with Gasteiger partial charge in [-0.15, -0.1) is 0 Å². The van der Waals surface area contributed by atoms with Gasteiger partial charge < -0.3 is 5.11 Å². The first-order valence-electron chi connectivity index (χ1n) is 8.94. The summed E-state index contributed by atoms with van der Waals surface area (Å²) in [5.74, 6) is -0.419. The van der Waals surface area contributed by atoms with Crippen molar-refractivity contribution in [3.05, 3.63) is 102 Å². The third kappa shape index (κ3) is 4.61. The number of nitrogens with zero attached hydrogens (tertiary/aromatic N) is 1. The summed E-state index contributed by atoms with van der Waals surface area (Å²) >= 11 is 0. The topological polar surface area (TPSA) is 61.7 Å². The Hall–Kier alpha value is -3.40. The van der Waals surface area contributed by atoms with E-state index in [0.717, 1.165) is 22.4 Å². The number of hydrogen-bond acceptors (Lipinski definition) is 3. The van der Waals surface area contributed by atoms with E-state index in [4.69, 9.17) is 0 Å². The number of aromatic hydroxyl groups is 1. The molecule has 0 aliphatic carbocycles. The van der Waals surface area contributed by atoms with Crippen molar-refractivity contribution in [3.8, 4) is 5.75 Å². The molecule has 0 radical (unpaired) electrons.